The van der Waals surface area contributed by atoms with Crippen molar-refractivity contribution in [2.24, 2.45) is 5.73 Å². The van der Waals surface area contributed by atoms with Crippen molar-refractivity contribution in [1.29, 1.82) is 0 Å². The van der Waals surface area contributed by atoms with E-state index < -0.39 is 0 Å². The number of primary amides is 1. The summed E-state index contributed by atoms with van der Waals surface area (Å²) in [4.78, 5) is 10.3. The molecule has 0 bridgehead atoms. The fraction of sp³-hybridized carbons (Fsp3) is 0.875. The maximum absolute atomic E-state index is 10.3. The van der Waals surface area contributed by atoms with Gasteiger partial charge in [0, 0.05) is 31.9 Å². The third-order valence-corrected chi connectivity index (χ3v) is 2.49. The lowest BCUT2D eigenvalue weighted by atomic mass is 10.4. The van der Waals surface area contributed by atoms with Gasteiger partial charge in [-0.1, -0.05) is 0 Å². The Morgan fingerprint density at radius 3 is 2.77 bits per heavy atom. The zero-order chi connectivity index (χ0) is 9.94. The van der Waals surface area contributed by atoms with Crippen molar-refractivity contribution in [3.63, 3.8) is 0 Å². The van der Waals surface area contributed by atoms with Crippen molar-refractivity contribution in [2.45, 2.75) is 12.8 Å². The minimum Gasteiger partial charge on any atom is -0.396 e. The summed E-state index contributed by atoms with van der Waals surface area (Å²) in [7, 11) is 0. The van der Waals surface area contributed by atoms with Crippen LogP contribution in [0.1, 0.15) is 12.8 Å². The van der Waals surface area contributed by atoms with Gasteiger partial charge in [-0.3, -0.25) is 4.79 Å². The summed E-state index contributed by atoms with van der Waals surface area (Å²) in [6.45, 7) is 1.82. The van der Waals surface area contributed by atoms with Gasteiger partial charge in [-0.05, 0) is 12.2 Å². The first-order chi connectivity index (χ1) is 6.27. The number of aliphatic hydroxyl groups excluding tert-OH is 1. The number of carbonyl (C=O) groups excluding carboxylic acids is 1. The maximum atomic E-state index is 10.3. The molecule has 0 heterocycles. The topological polar surface area (TPSA) is 75.4 Å². The van der Waals surface area contributed by atoms with E-state index in [0.717, 1.165) is 24.5 Å². The molecule has 0 fully saturated rings. The second-order valence-electron chi connectivity index (χ2n) is 2.66. The first-order valence-electron chi connectivity index (χ1n) is 4.45. The highest BCUT2D eigenvalue weighted by atomic mass is 32.2. The van der Waals surface area contributed by atoms with Crippen LogP contribution in [0.15, 0.2) is 0 Å². The third kappa shape index (κ3) is 11.7. The minimum absolute atomic E-state index is 0.263. The maximum Gasteiger partial charge on any atom is 0.218 e. The van der Waals surface area contributed by atoms with Crippen molar-refractivity contribution in [3.05, 3.63) is 0 Å². The molecule has 0 atom stereocenters. The summed E-state index contributed by atoms with van der Waals surface area (Å²) in [5.41, 5.74) is 4.96. The van der Waals surface area contributed by atoms with Gasteiger partial charge in [0.2, 0.25) is 5.91 Å². The smallest absolute Gasteiger partial charge is 0.218 e. The van der Waals surface area contributed by atoms with Crippen LogP contribution >= 0.6 is 11.8 Å². The van der Waals surface area contributed by atoms with E-state index in [1.54, 1.807) is 11.8 Å². The summed E-state index contributed by atoms with van der Waals surface area (Å²) in [5.74, 6) is 1.74. The Morgan fingerprint density at radius 2 is 2.15 bits per heavy atom. The summed E-state index contributed by atoms with van der Waals surface area (Å²) in [6, 6.07) is 0. The van der Waals surface area contributed by atoms with E-state index >= 15 is 0 Å². The van der Waals surface area contributed by atoms with Gasteiger partial charge in [0.25, 0.3) is 0 Å². The number of rotatable bonds is 9. The van der Waals surface area contributed by atoms with E-state index in [-0.39, 0.29) is 12.5 Å². The van der Waals surface area contributed by atoms with Crippen molar-refractivity contribution in [3.8, 4) is 0 Å². The van der Waals surface area contributed by atoms with E-state index in [1.165, 1.54) is 0 Å². The summed E-state index contributed by atoms with van der Waals surface area (Å²) >= 11 is 1.80. The Labute approximate surface area is 83.3 Å². The van der Waals surface area contributed by atoms with Crippen molar-refractivity contribution < 1.29 is 9.90 Å². The first kappa shape index (κ1) is 12.7. The quantitative estimate of drug-likeness (QED) is 0.447. The van der Waals surface area contributed by atoms with Gasteiger partial charge in [0.15, 0.2) is 0 Å². The van der Waals surface area contributed by atoms with Gasteiger partial charge in [-0.15, -0.1) is 0 Å². The molecule has 0 aliphatic heterocycles. The molecule has 4 nitrogen and oxygen atoms in total. The van der Waals surface area contributed by atoms with Gasteiger partial charge in [-0.25, -0.2) is 0 Å². The third-order valence-electron chi connectivity index (χ3n) is 1.42. The van der Waals surface area contributed by atoms with Crippen LogP contribution in [0.3, 0.4) is 0 Å². The molecule has 0 aromatic heterocycles. The summed E-state index contributed by atoms with van der Waals surface area (Å²) in [6.07, 6.45) is 1.26. The standard InChI is InChI=1S/C8H18N2O2S/c9-8(12)2-3-10-4-7-13-6-1-5-11/h10-11H,1-7H2,(H2,9,12). The van der Waals surface area contributed by atoms with Gasteiger partial charge in [-0.2, -0.15) is 11.8 Å². The molecular formula is C8H18N2O2S. The predicted molar refractivity (Wildman–Crippen MR) is 55.7 cm³/mol. The highest BCUT2D eigenvalue weighted by molar-refractivity contribution is 7.99. The second-order valence-corrected chi connectivity index (χ2v) is 3.88. The predicted octanol–water partition coefficient (Wildman–Crippen LogP) is -0.433. The molecule has 0 aliphatic carbocycles. The van der Waals surface area contributed by atoms with Crippen molar-refractivity contribution in [2.75, 3.05) is 31.2 Å². The number of thioether (sulfide) groups is 1. The van der Waals surface area contributed by atoms with Crippen LogP contribution in [0.5, 0.6) is 0 Å². The zero-order valence-corrected chi connectivity index (χ0v) is 8.61. The highest BCUT2D eigenvalue weighted by Gasteiger charge is 1.93. The molecule has 4 N–H and O–H groups in total. The Bertz CT molecular complexity index is 133. The number of hydrogen-bond acceptors (Lipinski definition) is 4. The lowest BCUT2D eigenvalue weighted by Crippen LogP contribution is -2.23. The minimum atomic E-state index is -0.263. The number of aliphatic hydroxyl groups is 1. The monoisotopic (exact) mass is 206 g/mol. The van der Waals surface area contributed by atoms with Crippen molar-refractivity contribution in [1.82, 2.24) is 5.32 Å². The Morgan fingerprint density at radius 1 is 1.38 bits per heavy atom. The van der Waals surface area contributed by atoms with Crippen LogP contribution in [0.25, 0.3) is 0 Å². The molecule has 1 amide bonds. The lowest BCUT2D eigenvalue weighted by molar-refractivity contribution is -0.117. The van der Waals surface area contributed by atoms with Gasteiger partial charge in [0.1, 0.15) is 0 Å². The largest absolute Gasteiger partial charge is 0.396 e. The fourth-order valence-electron chi connectivity index (χ4n) is 0.750. The molecule has 0 radical (unpaired) electrons. The second kappa shape index (κ2) is 9.83. The van der Waals surface area contributed by atoms with Gasteiger partial charge < -0.3 is 16.2 Å². The average molecular weight is 206 g/mol. The summed E-state index contributed by atoms with van der Waals surface area (Å²) < 4.78 is 0. The lowest BCUT2D eigenvalue weighted by Gasteiger charge is -2.02. The summed E-state index contributed by atoms with van der Waals surface area (Å²) in [5, 5.41) is 11.6. The molecule has 0 aromatic carbocycles. The SMILES string of the molecule is NC(=O)CCNCCSCCCO. The molecular weight excluding hydrogens is 188 g/mol. The molecule has 0 saturated carbocycles. The Balaban J connectivity index is 2.87. The van der Waals surface area contributed by atoms with E-state index in [1.807, 2.05) is 0 Å². The number of carbonyl (C=O) groups is 1. The Kier molecular flexibility index (Phi) is 9.63. The molecule has 0 rings (SSSR count). The number of hydrogen-bond donors (Lipinski definition) is 3. The van der Waals surface area contributed by atoms with E-state index in [4.69, 9.17) is 10.8 Å². The first-order valence-corrected chi connectivity index (χ1v) is 5.60. The van der Waals surface area contributed by atoms with Crippen LogP contribution in [-0.4, -0.2) is 42.2 Å². The van der Waals surface area contributed by atoms with E-state index in [0.29, 0.717) is 13.0 Å². The molecule has 0 aliphatic rings. The van der Waals surface area contributed by atoms with Gasteiger partial charge >= 0.3 is 0 Å². The molecule has 0 aromatic rings. The normalized spacial score (nSPS) is 10.2. The average Bonchev–Trinajstić information content (AvgIpc) is 2.09. The molecule has 5 heteroatoms. The van der Waals surface area contributed by atoms with Crippen LogP contribution < -0.4 is 11.1 Å². The van der Waals surface area contributed by atoms with Crippen molar-refractivity contribution >= 4 is 17.7 Å². The van der Waals surface area contributed by atoms with Crippen LogP contribution in [-0.2, 0) is 4.79 Å². The number of amides is 1. The molecule has 0 unspecified atom stereocenters. The van der Waals surface area contributed by atoms with Crippen LogP contribution in [0.2, 0.25) is 0 Å². The molecule has 13 heavy (non-hydrogen) atoms. The zero-order valence-electron chi connectivity index (χ0n) is 7.79. The van der Waals surface area contributed by atoms with Gasteiger partial charge in [0.05, 0.1) is 0 Å². The van der Waals surface area contributed by atoms with Crippen LogP contribution in [0, 0.1) is 0 Å². The fourth-order valence-corrected chi connectivity index (χ4v) is 1.58. The van der Waals surface area contributed by atoms with E-state index in [2.05, 4.69) is 5.32 Å². The molecule has 0 spiro atoms. The molecule has 78 valence electrons. The van der Waals surface area contributed by atoms with E-state index in [9.17, 15) is 4.79 Å². The highest BCUT2D eigenvalue weighted by Crippen LogP contribution is 1.99. The molecule has 0 saturated heterocycles. The number of nitrogens with two attached hydrogens (primary N) is 1. The van der Waals surface area contributed by atoms with Crippen LogP contribution in [0.4, 0.5) is 0 Å². The Hall–Kier alpha value is -0.260. The number of nitrogens with one attached hydrogen (secondary N) is 1.